The van der Waals surface area contributed by atoms with Crippen molar-refractivity contribution >= 4 is 17.3 Å². The molecule has 0 unspecified atom stereocenters. The number of benzene rings is 1. The second kappa shape index (κ2) is 6.52. The molecule has 3 rings (SSSR count). The summed E-state index contributed by atoms with van der Waals surface area (Å²) < 4.78 is 1.84. The van der Waals surface area contributed by atoms with Crippen molar-refractivity contribution in [1.82, 2.24) is 9.78 Å². The molecule has 1 aliphatic carbocycles. The van der Waals surface area contributed by atoms with Gasteiger partial charge in [-0.3, -0.25) is 0 Å². The van der Waals surface area contributed by atoms with Gasteiger partial charge in [-0.25, -0.2) is 4.68 Å². The van der Waals surface area contributed by atoms with E-state index in [0.717, 1.165) is 22.3 Å². The van der Waals surface area contributed by atoms with Crippen molar-refractivity contribution in [3.8, 4) is 5.69 Å². The van der Waals surface area contributed by atoms with Crippen LogP contribution in [0.1, 0.15) is 39.0 Å². The van der Waals surface area contributed by atoms with Crippen LogP contribution in [0.25, 0.3) is 5.69 Å². The lowest BCUT2D eigenvalue weighted by Crippen LogP contribution is -2.26. The number of rotatable bonds is 4. The minimum atomic E-state index is 0.542. The van der Waals surface area contributed by atoms with Gasteiger partial charge in [0.1, 0.15) is 5.69 Å². The van der Waals surface area contributed by atoms with E-state index in [1.165, 1.54) is 32.1 Å². The Kier molecular flexibility index (Phi) is 4.49. The minimum absolute atomic E-state index is 0.542. The zero-order valence-corrected chi connectivity index (χ0v) is 13.2. The zero-order chi connectivity index (χ0) is 14.7. The smallest absolute Gasteiger partial charge is 0.106 e. The molecular weight excluding hydrogens is 282 g/mol. The molecule has 21 heavy (non-hydrogen) atoms. The molecule has 1 aromatic carbocycles. The first-order valence-electron chi connectivity index (χ1n) is 7.83. The molecule has 1 aliphatic rings. The van der Waals surface area contributed by atoms with Gasteiger partial charge < -0.3 is 5.32 Å². The fraction of sp³-hybridized carbons (Fsp3) is 0.471. The van der Waals surface area contributed by atoms with Crippen LogP contribution in [0.15, 0.2) is 36.7 Å². The standard InChI is InChI=1S/C17H22ClN3/c1-2-13-7-9-14(10-8-13)20-16-6-3-5-15(18)17(16)21-12-4-11-19-21/h3-6,11-14,20H,2,7-10H2,1H3. The summed E-state index contributed by atoms with van der Waals surface area (Å²) in [6.45, 7) is 2.30. The van der Waals surface area contributed by atoms with E-state index in [2.05, 4.69) is 23.4 Å². The summed E-state index contributed by atoms with van der Waals surface area (Å²) in [4.78, 5) is 0. The van der Waals surface area contributed by atoms with E-state index in [1.807, 2.05) is 29.1 Å². The van der Waals surface area contributed by atoms with Gasteiger partial charge in [0.25, 0.3) is 0 Å². The van der Waals surface area contributed by atoms with Crippen LogP contribution in [0.2, 0.25) is 5.02 Å². The Morgan fingerprint density at radius 1 is 1.24 bits per heavy atom. The molecule has 1 saturated carbocycles. The molecule has 0 radical (unpaired) electrons. The molecular formula is C17H22ClN3. The first-order chi connectivity index (χ1) is 10.3. The van der Waals surface area contributed by atoms with Crippen LogP contribution in [0, 0.1) is 5.92 Å². The second-order valence-corrected chi connectivity index (χ2v) is 6.26. The van der Waals surface area contributed by atoms with Gasteiger partial charge in [0.05, 0.1) is 10.7 Å². The number of anilines is 1. The molecule has 1 N–H and O–H groups in total. The van der Waals surface area contributed by atoms with Crippen molar-refractivity contribution in [2.75, 3.05) is 5.32 Å². The third-order valence-electron chi connectivity index (χ3n) is 4.50. The largest absolute Gasteiger partial charge is 0.381 e. The minimum Gasteiger partial charge on any atom is -0.381 e. The summed E-state index contributed by atoms with van der Waals surface area (Å²) in [6.07, 6.45) is 10.1. The number of nitrogens with one attached hydrogen (secondary N) is 1. The average molecular weight is 304 g/mol. The van der Waals surface area contributed by atoms with Gasteiger partial charge in [0.15, 0.2) is 0 Å². The summed E-state index contributed by atoms with van der Waals surface area (Å²) in [5.74, 6) is 0.910. The van der Waals surface area contributed by atoms with Gasteiger partial charge in [0, 0.05) is 18.4 Å². The number of hydrogen-bond donors (Lipinski definition) is 1. The Morgan fingerprint density at radius 3 is 2.71 bits per heavy atom. The van der Waals surface area contributed by atoms with Gasteiger partial charge >= 0.3 is 0 Å². The van der Waals surface area contributed by atoms with E-state index in [4.69, 9.17) is 11.6 Å². The molecule has 4 heteroatoms. The van der Waals surface area contributed by atoms with E-state index >= 15 is 0 Å². The van der Waals surface area contributed by atoms with E-state index < -0.39 is 0 Å². The maximum atomic E-state index is 6.38. The van der Waals surface area contributed by atoms with Crippen molar-refractivity contribution in [3.05, 3.63) is 41.7 Å². The van der Waals surface area contributed by atoms with Crippen molar-refractivity contribution < 1.29 is 0 Å². The molecule has 0 spiro atoms. The van der Waals surface area contributed by atoms with Gasteiger partial charge in [-0.1, -0.05) is 31.0 Å². The predicted molar refractivity (Wildman–Crippen MR) is 88.2 cm³/mol. The first-order valence-corrected chi connectivity index (χ1v) is 8.20. The summed E-state index contributed by atoms with van der Waals surface area (Å²) in [6, 6.07) is 8.46. The van der Waals surface area contributed by atoms with Crippen LogP contribution in [0.5, 0.6) is 0 Å². The normalized spacial score (nSPS) is 22.2. The molecule has 0 atom stereocenters. The van der Waals surface area contributed by atoms with Gasteiger partial charge in [-0.15, -0.1) is 0 Å². The van der Waals surface area contributed by atoms with Crippen molar-refractivity contribution in [3.63, 3.8) is 0 Å². The highest BCUT2D eigenvalue weighted by atomic mass is 35.5. The third kappa shape index (κ3) is 3.24. The molecule has 1 heterocycles. The maximum Gasteiger partial charge on any atom is 0.106 e. The molecule has 3 nitrogen and oxygen atoms in total. The molecule has 0 bridgehead atoms. The monoisotopic (exact) mass is 303 g/mol. The van der Waals surface area contributed by atoms with Gasteiger partial charge in [0.2, 0.25) is 0 Å². The van der Waals surface area contributed by atoms with Gasteiger partial charge in [-0.05, 0) is 49.8 Å². The molecule has 1 aromatic heterocycles. The second-order valence-electron chi connectivity index (χ2n) is 5.86. The first kappa shape index (κ1) is 14.5. The van der Waals surface area contributed by atoms with E-state index in [0.29, 0.717) is 6.04 Å². The zero-order valence-electron chi connectivity index (χ0n) is 12.4. The highest BCUT2D eigenvalue weighted by Gasteiger charge is 2.21. The Hall–Kier alpha value is -1.48. The van der Waals surface area contributed by atoms with Crippen LogP contribution in [0.4, 0.5) is 5.69 Å². The highest BCUT2D eigenvalue weighted by Crippen LogP contribution is 2.32. The summed E-state index contributed by atoms with van der Waals surface area (Å²) in [7, 11) is 0. The fourth-order valence-electron chi connectivity index (χ4n) is 3.20. The molecule has 0 aliphatic heterocycles. The lowest BCUT2D eigenvalue weighted by atomic mass is 9.84. The fourth-order valence-corrected chi connectivity index (χ4v) is 3.46. The maximum absolute atomic E-state index is 6.38. The summed E-state index contributed by atoms with van der Waals surface area (Å²) in [5.41, 5.74) is 2.02. The Balaban J connectivity index is 1.79. The SMILES string of the molecule is CCC1CCC(Nc2cccc(Cl)c2-n2cccn2)CC1. The molecule has 1 fully saturated rings. The number of halogens is 1. The summed E-state index contributed by atoms with van der Waals surface area (Å²) >= 11 is 6.38. The number of aromatic nitrogens is 2. The summed E-state index contributed by atoms with van der Waals surface area (Å²) in [5, 5.41) is 8.72. The lowest BCUT2D eigenvalue weighted by Gasteiger charge is -2.30. The van der Waals surface area contributed by atoms with Crippen LogP contribution >= 0.6 is 11.6 Å². The molecule has 2 aromatic rings. The van der Waals surface area contributed by atoms with Crippen molar-refractivity contribution in [1.29, 1.82) is 0 Å². The van der Waals surface area contributed by atoms with Crippen LogP contribution < -0.4 is 5.32 Å². The Morgan fingerprint density at radius 2 is 2.05 bits per heavy atom. The highest BCUT2D eigenvalue weighted by molar-refractivity contribution is 6.33. The van der Waals surface area contributed by atoms with E-state index in [1.54, 1.807) is 6.20 Å². The van der Waals surface area contributed by atoms with Crippen molar-refractivity contribution in [2.45, 2.75) is 45.1 Å². The number of para-hydroxylation sites is 1. The average Bonchev–Trinajstić information content (AvgIpc) is 3.02. The van der Waals surface area contributed by atoms with E-state index in [-0.39, 0.29) is 0 Å². The number of hydrogen-bond acceptors (Lipinski definition) is 2. The third-order valence-corrected chi connectivity index (χ3v) is 4.81. The van der Waals surface area contributed by atoms with E-state index in [9.17, 15) is 0 Å². The lowest BCUT2D eigenvalue weighted by molar-refractivity contribution is 0.330. The topological polar surface area (TPSA) is 29.9 Å². The molecule has 112 valence electrons. The van der Waals surface area contributed by atoms with Crippen molar-refractivity contribution in [2.24, 2.45) is 5.92 Å². The van der Waals surface area contributed by atoms with Crippen LogP contribution in [0.3, 0.4) is 0 Å². The molecule has 0 saturated heterocycles. The Bertz CT molecular complexity index is 572. The number of nitrogens with zero attached hydrogens (tertiary/aromatic N) is 2. The molecule has 0 amide bonds. The van der Waals surface area contributed by atoms with Crippen LogP contribution in [-0.4, -0.2) is 15.8 Å². The van der Waals surface area contributed by atoms with Gasteiger partial charge in [-0.2, -0.15) is 5.10 Å². The predicted octanol–water partition coefficient (Wildman–Crippen LogP) is 4.91. The van der Waals surface area contributed by atoms with Crippen LogP contribution in [-0.2, 0) is 0 Å². The quantitative estimate of drug-likeness (QED) is 0.870. The Labute approximate surface area is 131 Å².